The van der Waals surface area contributed by atoms with E-state index in [4.69, 9.17) is 23.2 Å². The largest absolute Gasteiger partial charge is 0.355 e. The van der Waals surface area contributed by atoms with Crippen LogP contribution in [0.15, 0.2) is 18.2 Å². The maximum absolute atomic E-state index is 11.9. The van der Waals surface area contributed by atoms with Crippen molar-refractivity contribution in [2.45, 2.75) is 19.8 Å². The van der Waals surface area contributed by atoms with Gasteiger partial charge in [0.25, 0.3) is 0 Å². The van der Waals surface area contributed by atoms with E-state index in [1.807, 2.05) is 0 Å². The molecule has 22 heavy (non-hydrogen) atoms. The molecule has 0 spiro atoms. The monoisotopic (exact) mass is 345 g/mol. The third-order valence-corrected chi connectivity index (χ3v) is 3.62. The van der Waals surface area contributed by atoms with Crippen molar-refractivity contribution in [1.82, 2.24) is 10.2 Å². The molecule has 1 aromatic carbocycles. The molecule has 0 aliphatic rings. The second-order valence-electron chi connectivity index (χ2n) is 5.05. The summed E-state index contributed by atoms with van der Waals surface area (Å²) in [5.41, 5.74) is 0.570. The molecule has 0 aromatic heterocycles. The van der Waals surface area contributed by atoms with Crippen molar-refractivity contribution in [2.75, 3.05) is 32.0 Å². The van der Waals surface area contributed by atoms with Gasteiger partial charge in [-0.2, -0.15) is 0 Å². The van der Waals surface area contributed by atoms with E-state index in [1.165, 1.54) is 0 Å². The lowest BCUT2D eigenvalue weighted by Crippen LogP contribution is -2.39. The number of rotatable bonds is 8. The highest BCUT2D eigenvalue weighted by atomic mass is 35.5. The minimum atomic E-state index is -0.220. The zero-order chi connectivity index (χ0) is 16.5. The standard InChI is InChI=1S/C15H21Cl2N3O2/c1-3-4-7-18-14(21)9-20(2)10-15(22)19-11-5-6-12(16)13(17)8-11/h5-6,8H,3-4,7,9-10H2,1-2H3,(H,18,21)(H,19,22). The summed E-state index contributed by atoms with van der Waals surface area (Å²) in [4.78, 5) is 25.2. The summed E-state index contributed by atoms with van der Waals surface area (Å²) in [5, 5.41) is 6.33. The van der Waals surface area contributed by atoms with Crippen LogP contribution in [0.3, 0.4) is 0 Å². The molecule has 1 rings (SSSR count). The highest BCUT2D eigenvalue weighted by molar-refractivity contribution is 6.42. The van der Waals surface area contributed by atoms with Gasteiger partial charge in [0.1, 0.15) is 0 Å². The van der Waals surface area contributed by atoms with E-state index in [0.29, 0.717) is 22.3 Å². The van der Waals surface area contributed by atoms with Gasteiger partial charge in [-0.1, -0.05) is 36.5 Å². The summed E-state index contributed by atoms with van der Waals surface area (Å²) in [6.45, 7) is 3.02. The predicted octanol–water partition coefficient (Wildman–Crippen LogP) is 2.78. The van der Waals surface area contributed by atoms with E-state index in [1.54, 1.807) is 30.1 Å². The number of carbonyl (C=O) groups is 2. The van der Waals surface area contributed by atoms with Crippen molar-refractivity contribution in [3.05, 3.63) is 28.2 Å². The smallest absolute Gasteiger partial charge is 0.238 e. The van der Waals surface area contributed by atoms with Crippen molar-refractivity contribution in [3.8, 4) is 0 Å². The van der Waals surface area contributed by atoms with Crippen LogP contribution in [0, 0.1) is 0 Å². The molecule has 0 aliphatic heterocycles. The first-order chi connectivity index (χ1) is 10.4. The quantitative estimate of drug-likeness (QED) is 0.712. The van der Waals surface area contributed by atoms with Crippen molar-refractivity contribution in [1.29, 1.82) is 0 Å². The maximum Gasteiger partial charge on any atom is 0.238 e. The van der Waals surface area contributed by atoms with Crippen molar-refractivity contribution < 1.29 is 9.59 Å². The first-order valence-corrected chi connectivity index (χ1v) is 7.88. The fraction of sp³-hybridized carbons (Fsp3) is 0.467. The second-order valence-corrected chi connectivity index (χ2v) is 5.87. The molecule has 2 N–H and O–H groups in total. The Bertz CT molecular complexity index is 524. The Hall–Kier alpha value is -1.30. The van der Waals surface area contributed by atoms with Gasteiger partial charge >= 0.3 is 0 Å². The average molecular weight is 346 g/mol. The van der Waals surface area contributed by atoms with Gasteiger partial charge in [-0.05, 0) is 31.7 Å². The number of carbonyl (C=O) groups excluding carboxylic acids is 2. The minimum absolute atomic E-state index is 0.0849. The molecule has 0 saturated heterocycles. The fourth-order valence-electron chi connectivity index (χ4n) is 1.78. The molecule has 1 aromatic rings. The van der Waals surface area contributed by atoms with Crippen molar-refractivity contribution in [2.24, 2.45) is 0 Å². The SMILES string of the molecule is CCCCNC(=O)CN(C)CC(=O)Nc1ccc(Cl)c(Cl)c1. The highest BCUT2D eigenvalue weighted by Gasteiger charge is 2.11. The molecule has 2 amide bonds. The summed E-state index contributed by atoms with van der Waals surface area (Å²) in [6.07, 6.45) is 1.98. The third kappa shape index (κ3) is 7.11. The first-order valence-electron chi connectivity index (χ1n) is 7.12. The van der Waals surface area contributed by atoms with Crippen LogP contribution in [0.25, 0.3) is 0 Å². The van der Waals surface area contributed by atoms with E-state index in [9.17, 15) is 9.59 Å². The van der Waals surface area contributed by atoms with Gasteiger partial charge in [-0.25, -0.2) is 0 Å². The molecule has 0 fully saturated rings. The fourth-order valence-corrected chi connectivity index (χ4v) is 2.08. The molecule has 0 unspecified atom stereocenters. The normalized spacial score (nSPS) is 10.6. The molecule has 0 bridgehead atoms. The van der Waals surface area contributed by atoms with E-state index in [2.05, 4.69) is 17.6 Å². The van der Waals surface area contributed by atoms with Crippen LogP contribution in [-0.4, -0.2) is 43.4 Å². The molecule has 122 valence electrons. The number of nitrogens with zero attached hydrogens (tertiary/aromatic N) is 1. The lowest BCUT2D eigenvalue weighted by atomic mass is 10.3. The molecule has 0 aliphatic carbocycles. The van der Waals surface area contributed by atoms with Crippen LogP contribution < -0.4 is 10.6 Å². The van der Waals surface area contributed by atoms with Gasteiger partial charge < -0.3 is 10.6 Å². The van der Waals surface area contributed by atoms with Crippen LogP contribution in [0.2, 0.25) is 10.0 Å². The Balaban J connectivity index is 2.37. The van der Waals surface area contributed by atoms with E-state index < -0.39 is 0 Å². The number of likely N-dealkylation sites (N-methyl/N-ethyl adjacent to an activating group) is 1. The molecule has 0 atom stereocenters. The zero-order valence-electron chi connectivity index (χ0n) is 12.8. The van der Waals surface area contributed by atoms with Gasteiger partial charge in [-0.15, -0.1) is 0 Å². The highest BCUT2D eigenvalue weighted by Crippen LogP contribution is 2.24. The van der Waals surface area contributed by atoms with E-state index >= 15 is 0 Å². The molecule has 7 heteroatoms. The van der Waals surface area contributed by atoms with Gasteiger partial charge in [0.15, 0.2) is 0 Å². The lowest BCUT2D eigenvalue weighted by Gasteiger charge is -2.16. The van der Waals surface area contributed by atoms with E-state index in [0.717, 1.165) is 12.8 Å². The van der Waals surface area contributed by atoms with Crippen LogP contribution >= 0.6 is 23.2 Å². The van der Waals surface area contributed by atoms with Gasteiger partial charge in [0.2, 0.25) is 11.8 Å². The van der Waals surface area contributed by atoms with Crippen molar-refractivity contribution >= 4 is 40.7 Å². The van der Waals surface area contributed by atoms with Crippen LogP contribution in [0.4, 0.5) is 5.69 Å². The predicted molar refractivity (Wildman–Crippen MR) is 90.5 cm³/mol. The number of hydrogen-bond acceptors (Lipinski definition) is 3. The number of hydrogen-bond donors (Lipinski definition) is 2. The Morgan fingerprint density at radius 3 is 2.45 bits per heavy atom. The third-order valence-electron chi connectivity index (χ3n) is 2.88. The Morgan fingerprint density at radius 1 is 1.14 bits per heavy atom. The Morgan fingerprint density at radius 2 is 1.82 bits per heavy atom. The van der Waals surface area contributed by atoms with Gasteiger partial charge in [-0.3, -0.25) is 14.5 Å². The van der Waals surface area contributed by atoms with Crippen molar-refractivity contribution in [3.63, 3.8) is 0 Å². The Kier molecular flexibility index (Phi) is 8.24. The molecule has 0 heterocycles. The molecule has 0 saturated carbocycles. The molecule has 5 nitrogen and oxygen atoms in total. The van der Waals surface area contributed by atoms with Gasteiger partial charge in [0.05, 0.1) is 23.1 Å². The lowest BCUT2D eigenvalue weighted by molar-refractivity contribution is -0.122. The van der Waals surface area contributed by atoms with Crippen LogP contribution in [0.5, 0.6) is 0 Å². The van der Waals surface area contributed by atoms with Crippen LogP contribution in [-0.2, 0) is 9.59 Å². The average Bonchev–Trinajstić information content (AvgIpc) is 2.42. The number of benzene rings is 1. The number of amides is 2. The zero-order valence-corrected chi connectivity index (χ0v) is 14.3. The number of unbranched alkanes of at least 4 members (excludes halogenated alkanes) is 1. The first kappa shape index (κ1) is 18.7. The summed E-state index contributed by atoms with van der Waals surface area (Å²) < 4.78 is 0. The summed E-state index contributed by atoms with van der Waals surface area (Å²) in [7, 11) is 1.72. The molecular formula is C15H21Cl2N3O2. The molecule has 0 radical (unpaired) electrons. The number of nitrogens with one attached hydrogen (secondary N) is 2. The summed E-state index contributed by atoms with van der Waals surface area (Å²) >= 11 is 11.7. The second kappa shape index (κ2) is 9.66. The van der Waals surface area contributed by atoms with E-state index in [-0.39, 0.29) is 24.9 Å². The molecular weight excluding hydrogens is 325 g/mol. The van der Waals surface area contributed by atoms with Gasteiger partial charge in [0, 0.05) is 12.2 Å². The van der Waals surface area contributed by atoms with Crippen LogP contribution in [0.1, 0.15) is 19.8 Å². The maximum atomic E-state index is 11.9. The number of halogens is 2. The topological polar surface area (TPSA) is 61.4 Å². The summed E-state index contributed by atoms with van der Waals surface area (Å²) in [5.74, 6) is -0.305. The Labute approximate surface area is 141 Å². The number of anilines is 1. The summed E-state index contributed by atoms with van der Waals surface area (Å²) in [6, 6.07) is 4.87. The minimum Gasteiger partial charge on any atom is -0.355 e.